The van der Waals surface area contributed by atoms with Crippen LogP contribution in [0.5, 0.6) is 0 Å². The molecule has 24 heavy (non-hydrogen) atoms. The van der Waals surface area contributed by atoms with E-state index < -0.39 is 0 Å². The van der Waals surface area contributed by atoms with Crippen molar-refractivity contribution in [2.45, 2.75) is 25.3 Å². The maximum Gasteiger partial charge on any atom is 0.291 e. The topological polar surface area (TPSA) is 75.1 Å². The number of rotatable bonds is 3. The molecule has 1 spiro atoms. The molecule has 2 aliphatic rings. The molecule has 0 radical (unpaired) electrons. The van der Waals surface area contributed by atoms with Crippen molar-refractivity contribution in [1.82, 2.24) is 24.8 Å². The summed E-state index contributed by atoms with van der Waals surface area (Å²) in [4.78, 5) is 33.0. The second-order valence-electron chi connectivity index (χ2n) is 6.79. The van der Waals surface area contributed by atoms with Crippen molar-refractivity contribution < 1.29 is 4.79 Å². The summed E-state index contributed by atoms with van der Waals surface area (Å²) in [5.41, 5.74) is 0.246. The molecule has 7 heteroatoms. The van der Waals surface area contributed by atoms with Gasteiger partial charge >= 0.3 is 0 Å². The Morgan fingerprint density at radius 3 is 2.75 bits per heavy atom. The molecule has 1 aliphatic heterocycles. The monoisotopic (exact) mass is 324 g/mol. The van der Waals surface area contributed by atoms with Gasteiger partial charge in [0, 0.05) is 44.8 Å². The minimum atomic E-state index is -0.0555. The van der Waals surface area contributed by atoms with Crippen molar-refractivity contribution >= 4 is 11.7 Å². The van der Waals surface area contributed by atoms with Gasteiger partial charge in [-0.3, -0.25) is 4.79 Å². The highest BCUT2D eigenvalue weighted by Gasteiger charge is 2.51. The first kappa shape index (κ1) is 15.0. The van der Waals surface area contributed by atoms with Gasteiger partial charge < -0.3 is 9.80 Å². The van der Waals surface area contributed by atoms with Crippen molar-refractivity contribution in [3.05, 3.63) is 42.9 Å². The fourth-order valence-electron chi connectivity index (χ4n) is 3.89. The highest BCUT2D eigenvalue weighted by Crippen LogP contribution is 2.50. The molecule has 4 rings (SSSR count). The quantitative estimate of drug-likeness (QED) is 0.849. The summed E-state index contributed by atoms with van der Waals surface area (Å²) in [5, 5.41) is 0. The number of carbonyl (C=O) groups excluding carboxylic acids is 1. The van der Waals surface area contributed by atoms with Crippen LogP contribution in [0.25, 0.3) is 0 Å². The first-order chi connectivity index (χ1) is 11.7. The van der Waals surface area contributed by atoms with E-state index in [0.29, 0.717) is 11.9 Å². The van der Waals surface area contributed by atoms with Gasteiger partial charge in [-0.25, -0.2) is 19.9 Å². The number of anilines is 1. The highest BCUT2D eigenvalue weighted by molar-refractivity contribution is 5.90. The molecule has 1 saturated carbocycles. The molecular weight excluding hydrogens is 304 g/mol. The van der Waals surface area contributed by atoms with Gasteiger partial charge in [-0.05, 0) is 36.8 Å². The van der Waals surface area contributed by atoms with E-state index in [1.807, 2.05) is 11.0 Å². The zero-order valence-corrected chi connectivity index (χ0v) is 13.7. The molecule has 1 saturated heterocycles. The lowest BCUT2D eigenvalue weighted by Crippen LogP contribution is -2.51. The van der Waals surface area contributed by atoms with Gasteiger partial charge in [0.15, 0.2) is 0 Å². The van der Waals surface area contributed by atoms with E-state index in [2.05, 4.69) is 31.9 Å². The van der Waals surface area contributed by atoms with Crippen LogP contribution in [0, 0.1) is 5.41 Å². The van der Waals surface area contributed by atoms with Crippen molar-refractivity contribution in [2.24, 2.45) is 5.41 Å². The Kier molecular flexibility index (Phi) is 3.63. The average molecular weight is 324 g/mol. The molecular formula is C17H20N6O. The summed E-state index contributed by atoms with van der Waals surface area (Å²) in [6, 6.07) is 4.13. The minimum Gasteiger partial charge on any atom is -0.357 e. The lowest BCUT2D eigenvalue weighted by atomic mass is 9.64. The largest absolute Gasteiger partial charge is 0.357 e. The molecule has 0 unspecified atom stereocenters. The molecule has 1 aliphatic carbocycles. The zero-order valence-electron chi connectivity index (χ0n) is 13.7. The lowest BCUT2D eigenvalue weighted by Gasteiger charge is -2.49. The van der Waals surface area contributed by atoms with Gasteiger partial charge in [0.05, 0.1) is 0 Å². The highest BCUT2D eigenvalue weighted by atomic mass is 16.2. The Hall–Kier alpha value is -2.57. The van der Waals surface area contributed by atoms with Crippen molar-refractivity contribution in [3.8, 4) is 0 Å². The Bertz CT molecular complexity index is 716. The second kappa shape index (κ2) is 5.81. The van der Waals surface area contributed by atoms with E-state index in [1.165, 1.54) is 0 Å². The van der Waals surface area contributed by atoms with E-state index in [4.69, 9.17) is 0 Å². The van der Waals surface area contributed by atoms with Crippen molar-refractivity contribution in [3.63, 3.8) is 0 Å². The molecule has 3 heterocycles. The molecule has 2 aromatic rings. The van der Waals surface area contributed by atoms with Crippen LogP contribution in [0.2, 0.25) is 0 Å². The predicted molar refractivity (Wildman–Crippen MR) is 88.4 cm³/mol. The maximum absolute atomic E-state index is 12.5. The van der Waals surface area contributed by atoms with Crippen molar-refractivity contribution in [1.29, 1.82) is 0 Å². The van der Waals surface area contributed by atoms with Crippen LogP contribution in [0.3, 0.4) is 0 Å². The van der Waals surface area contributed by atoms with Crippen LogP contribution in [0.15, 0.2) is 37.1 Å². The number of hydrogen-bond acceptors (Lipinski definition) is 6. The van der Waals surface area contributed by atoms with Crippen LogP contribution in [-0.2, 0) is 0 Å². The summed E-state index contributed by atoms with van der Waals surface area (Å²) in [7, 11) is 2.08. The molecule has 0 N–H and O–H groups in total. The summed E-state index contributed by atoms with van der Waals surface area (Å²) < 4.78 is 0. The van der Waals surface area contributed by atoms with Gasteiger partial charge in [-0.1, -0.05) is 0 Å². The number of amides is 1. The predicted octanol–water partition coefficient (Wildman–Crippen LogP) is 1.40. The van der Waals surface area contributed by atoms with Gasteiger partial charge in [0.25, 0.3) is 5.91 Å². The van der Waals surface area contributed by atoms with Gasteiger partial charge in [0.2, 0.25) is 5.82 Å². The van der Waals surface area contributed by atoms with E-state index in [1.54, 1.807) is 31.0 Å². The summed E-state index contributed by atoms with van der Waals surface area (Å²) in [6.45, 7) is 1.60. The van der Waals surface area contributed by atoms with E-state index in [-0.39, 0.29) is 11.3 Å². The number of hydrogen-bond donors (Lipinski definition) is 0. The minimum absolute atomic E-state index is 0.0555. The Morgan fingerprint density at radius 1 is 1.25 bits per heavy atom. The summed E-state index contributed by atoms with van der Waals surface area (Å²) in [5.74, 6) is 1.19. The second-order valence-corrected chi connectivity index (χ2v) is 6.79. The number of carbonyl (C=O) groups is 1. The third-order valence-corrected chi connectivity index (χ3v) is 5.30. The molecule has 124 valence electrons. The fourth-order valence-corrected chi connectivity index (χ4v) is 3.89. The molecule has 0 aromatic carbocycles. The third-order valence-electron chi connectivity index (χ3n) is 5.30. The van der Waals surface area contributed by atoms with Crippen LogP contribution >= 0.6 is 0 Å². The van der Waals surface area contributed by atoms with Crippen LogP contribution < -0.4 is 4.90 Å². The van der Waals surface area contributed by atoms with Gasteiger partial charge in [-0.2, -0.15) is 0 Å². The van der Waals surface area contributed by atoms with Crippen molar-refractivity contribution in [2.75, 3.05) is 25.0 Å². The summed E-state index contributed by atoms with van der Waals surface area (Å²) in [6.07, 6.45) is 9.81. The smallest absolute Gasteiger partial charge is 0.291 e. The number of nitrogens with zero attached hydrogens (tertiary/aromatic N) is 6. The summed E-state index contributed by atoms with van der Waals surface area (Å²) >= 11 is 0. The Morgan fingerprint density at radius 2 is 2.04 bits per heavy atom. The first-order valence-electron chi connectivity index (χ1n) is 8.22. The fraction of sp³-hybridized carbons (Fsp3) is 0.471. The molecule has 1 amide bonds. The molecule has 2 aromatic heterocycles. The standard InChI is InChI=1S/C17H20N6O/c1-22(14-3-7-18-12-21-14)13-9-17(10-13)4-8-23(11-17)16(24)15-19-5-2-6-20-15/h2-3,5-7,12-13H,4,8-11H2,1H3. The van der Waals surface area contributed by atoms with Gasteiger partial charge in [0.1, 0.15) is 12.1 Å². The normalized spacial score (nSPS) is 25.5. The first-order valence-corrected chi connectivity index (χ1v) is 8.22. The molecule has 7 nitrogen and oxygen atoms in total. The van der Waals surface area contributed by atoms with E-state index in [0.717, 1.165) is 38.2 Å². The Balaban J connectivity index is 1.37. The maximum atomic E-state index is 12.5. The zero-order chi connectivity index (χ0) is 16.6. The van der Waals surface area contributed by atoms with Gasteiger partial charge in [-0.15, -0.1) is 0 Å². The molecule has 2 fully saturated rings. The molecule has 0 atom stereocenters. The SMILES string of the molecule is CN(c1ccncn1)C1CC2(CCN(C(=O)c3ncccn3)C2)C1. The lowest BCUT2D eigenvalue weighted by molar-refractivity contribution is 0.0688. The molecule has 0 bridgehead atoms. The average Bonchev–Trinajstić information content (AvgIpc) is 3.06. The van der Waals surface area contributed by atoms with Crippen LogP contribution in [-0.4, -0.2) is 56.9 Å². The Labute approximate surface area is 140 Å². The van der Waals surface area contributed by atoms with Crippen LogP contribution in [0.1, 0.15) is 29.9 Å². The third kappa shape index (κ3) is 2.60. The van der Waals surface area contributed by atoms with Crippen LogP contribution in [0.4, 0.5) is 5.82 Å². The number of aromatic nitrogens is 4. The number of likely N-dealkylation sites (tertiary alicyclic amines) is 1. The van der Waals surface area contributed by atoms with E-state index >= 15 is 0 Å². The van der Waals surface area contributed by atoms with E-state index in [9.17, 15) is 4.79 Å².